The molecule has 0 unspecified atom stereocenters. The lowest BCUT2D eigenvalue weighted by Gasteiger charge is -2.09. The van der Waals surface area contributed by atoms with Crippen LogP contribution in [0.4, 0.5) is 5.82 Å². The Kier molecular flexibility index (Phi) is 4.30. The summed E-state index contributed by atoms with van der Waals surface area (Å²) in [5, 5.41) is 3.31. The fourth-order valence-electron chi connectivity index (χ4n) is 1.53. The van der Waals surface area contributed by atoms with Gasteiger partial charge in [0.15, 0.2) is 0 Å². The van der Waals surface area contributed by atoms with E-state index in [0.29, 0.717) is 0 Å². The number of anilines is 1. The van der Waals surface area contributed by atoms with Crippen LogP contribution in [0.3, 0.4) is 0 Å². The van der Waals surface area contributed by atoms with Crippen LogP contribution in [0, 0.1) is 3.57 Å². The van der Waals surface area contributed by atoms with Gasteiger partial charge in [0.25, 0.3) is 0 Å². The van der Waals surface area contributed by atoms with Gasteiger partial charge < -0.3 is 5.32 Å². The van der Waals surface area contributed by atoms with Crippen molar-refractivity contribution in [3.63, 3.8) is 0 Å². The second-order valence-electron chi connectivity index (χ2n) is 3.68. The minimum absolute atomic E-state index is 0.918. The maximum absolute atomic E-state index is 4.36. The summed E-state index contributed by atoms with van der Waals surface area (Å²) < 4.78 is 1.07. The minimum Gasteiger partial charge on any atom is -0.369 e. The summed E-state index contributed by atoms with van der Waals surface area (Å²) in [4.78, 5) is 8.63. The van der Waals surface area contributed by atoms with Gasteiger partial charge in [-0.25, -0.2) is 9.97 Å². The van der Waals surface area contributed by atoms with E-state index in [1.54, 1.807) is 6.33 Å². The van der Waals surface area contributed by atoms with E-state index >= 15 is 0 Å². The third-order valence-corrected chi connectivity index (χ3v) is 3.40. The molecule has 2 aromatic rings. The standard InChI is InChI=1S/C13H14IN3/c1-2-8-15-13-11(14)12(16-9-17-13)10-6-4-3-5-7-10/h3-7,9H,2,8H2,1H3,(H,15,16,17). The van der Waals surface area contributed by atoms with Crippen LogP contribution in [0.25, 0.3) is 11.3 Å². The van der Waals surface area contributed by atoms with Crippen LogP contribution in [-0.4, -0.2) is 16.5 Å². The Morgan fingerprint density at radius 1 is 1.18 bits per heavy atom. The van der Waals surface area contributed by atoms with Crippen molar-refractivity contribution in [1.82, 2.24) is 9.97 Å². The average Bonchev–Trinajstić information content (AvgIpc) is 2.39. The Morgan fingerprint density at radius 2 is 1.94 bits per heavy atom. The normalized spacial score (nSPS) is 10.2. The lowest BCUT2D eigenvalue weighted by molar-refractivity contribution is 0.962. The molecule has 0 fully saturated rings. The number of nitrogens with zero attached hydrogens (tertiary/aromatic N) is 2. The quantitative estimate of drug-likeness (QED) is 0.866. The van der Waals surface area contributed by atoms with Gasteiger partial charge >= 0.3 is 0 Å². The van der Waals surface area contributed by atoms with Crippen molar-refractivity contribution in [2.24, 2.45) is 0 Å². The summed E-state index contributed by atoms with van der Waals surface area (Å²) >= 11 is 2.30. The van der Waals surface area contributed by atoms with Gasteiger partial charge in [0, 0.05) is 12.1 Å². The lowest BCUT2D eigenvalue weighted by Crippen LogP contribution is -2.05. The maximum Gasteiger partial charge on any atom is 0.143 e. The van der Waals surface area contributed by atoms with Crippen LogP contribution in [0.2, 0.25) is 0 Å². The molecule has 88 valence electrons. The van der Waals surface area contributed by atoms with Crippen LogP contribution in [0.15, 0.2) is 36.7 Å². The molecule has 2 rings (SSSR count). The molecular weight excluding hydrogens is 325 g/mol. The van der Waals surface area contributed by atoms with Gasteiger partial charge in [-0.1, -0.05) is 37.3 Å². The zero-order valence-electron chi connectivity index (χ0n) is 9.65. The molecule has 1 aromatic carbocycles. The van der Waals surface area contributed by atoms with Gasteiger partial charge in [0.2, 0.25) is 0 Å². The molecule has 1 heterocycles. The monoisotopic (exact) mass is 339 g/mol. The second-order valence-corrected chi connectivity index (χ2v) is 4.76. The smallest absolute Gasteiger partial charge is 0.143 e. The molecule has 0 aliphatic rings. The number of hydrogen-bond acceptors (Lipinski definition) is 3. The Bertz CT molecular complexity index is 485. The van der Waals surface area contributed by atoms with E-state index in [1.807, 2.05) is 18.2 Å². The van der Waals surface area contributed by atoms with Gasteiger partial charge in [-0.05, 0) is 29.0 Å². The summed E-state index contributed by atoms with van der Waals surface area (Å²) in [5.74, 6) is 0.918. The Balaban J connectivity index is 2.36. The zero-order chi connectivity index (χ0) is 12.1. The zero-order valence-corrected chi connectivity index (χ0v) is 11.8. The number of hydrogen-bond donors (Lipinski definition) is 1. The van der Waals surface area contributed by atoms with E-state index in [2.05, 4.69) is 56.9 Å². The van der Waals surface area contributed by atoms with Crippen molar-refractivity contribution in [2.75, 3.05) is 11.9 Å². The van der Waals surface area contributed by atoms with Crippen molar-refractivity contribution in [2.45, 2.75) is 13.3 Å². The molecule has 17 heavy (non-hydrogen) atoms. The van der Waals surface area contributed by atoms with E-state index in [-0.39, 0.29) is 0 Å². The molecule has 1 aromatic heterocycles. The van der Waals surface area contributed by atoms with E-state index in [9.17, 15) is 0 Å². The number of nitrogens with one attached hydrogen (secondary N) is 1. The molecular formula is C13H14IN3. The van der Waals surface area contributed by atoms with Gasteiger partial charge in [0.05, 0.1) is 9.26 Å². The number of benzene rings is 1. The highest BCUT2D eigenvalue weighted by Gasteiger charge is 2.09. The first-order valence-corrected chi connectivity index (χ1v) is 6.70. The van der Waals surface area contributed by atoms with Crippen molar-refractivity contribution in [3.05, 3.63) is 40.2 Å². The lowest BCUT2D eigenvalue weighted by atomic mass is 10.1. The highest BCUT2D eigenvalue weighted by Crippen LogP contribution is 2.26. The Hall–Kier alpha value is -1.17. The number of aromatic nitrogens is 2. The van der Waals surface area contributed by atoms with Gasteiger partial charge in [-0.2, -0.15) is 0 Å². The molecule has 0 aliphatic carbocycles. The fourth-order valence-corrected chi connectivity index (χ4v) is 2.31. The Morgan fingerprint density at radius 3 is 2.65 bits per heavy atom. The van der Waals surface area contributed by atoms with Gasteiger partial charge in [-0.3, -0.25) is 0 Å². The summed E-state index contributed by atoms with van der Waals surface area (Å²) in [6, 6.07) is 10.2. The molecule has 0 amide bonds. The third-order valence-electron chi connectivity index (χ3n) is 2.38. The summed E-state index contributed by atoms with van der Waals surface area (Å²) in [6.07, 6.45) is 2.70. The number of rotatable bonds is 4. The van der Waals surface area contributed by atoms with Crippen molar-refractivity contribution in [1.29, 1.82) is 0 Å². The molecule has 0 bridgehead atoms. The minimum atomic E-state index is 0.918. The molecule has 0 saturated carbocycles. The second kappa shape index (κ2) is 5.95. The number of halogens is 1. The van der Waals surface area contributed by atoms with E-state index < -0.39 is 0 Å². The van der Waals surface area contributed by atoms with Crippen LogP contribution >= 0.6 is 22.6 Å². The predicted octanol–water partition coefficient (Wildman–Crippen LogP) is 3.57. The van der Waals surface area contributed by atoms with E-state index in [4.69, 9.17) is 0 Å². The summed E-state index contributed by atoms with van der Waals surface area (Å²) in [5.41, 5.74) is 2.11. The van der Waals surface area contributed by atoms with Crippen molar-refractivity contribution in [3.8, 4) is 11.3 Å². The summed E-state index contributed by atoms with van der Waals surface area (Å²) in [6.45, 7) is 3.07. The first-order valence-electron chi connectivity index (χ1n) is 5.62. The first-order chi connectivity index (χ1) is 8.33. The van der Waals surface area contributed by atoms with Gasteiger partial charge in [-0.15, -0.1) is 0 Å². The fraction of sp³-hybridized carbons (Fsp3) is 0.231. The third kappa shape index (κ3) is 2.94. The van der Waals surface area contributed by atoms with Crippen LogP contribution < -0.4 is 5.32 Å². The van der Waals surface area contributed by atoms with Crippen LogP contribution in [0.1, 0.15) is 13.3 Å². The van der Waals surface area contributed by atoms with E-state index in [0.717, 1.165) is 33.6 Å². The molecule has 0 aliphatic heterocycles. The van der Waals surface area contributed by atoms with Crippen molar-refractivity contribution < 1.29 is 0 Å². The largest absolute Gasteiger partial charge is 0.369 e. The molecule has 0 atom stereocenters. The van der Waals surface area contributed by atoms with E-state index in [1.165, 1.54) is 0 Å². The van der Waals surface area contributed by atoms with Gasteiger partial charge in [0.1, 0.15) is 12.1 Å². The topological polar surface area (TPSA) is 37.8 Å². The molecule has 0 radical (unpaired) electrons. The molecule has 0 spiro atoms. The molecule has 3 nitrogen and oxygen atoms in total. The average molecular weight is 339 g/mol. The maximum atomic E-state index is 4.36. The highest BCUT2D eigenvalue weighted by atomic mass is 127. The first kappa shape index (κ1) is 12.3. The molecule has 1 N–H and O–H groups in total. The molecule has 0 saturated heterocycles. The van der Waals surface area contributed by atoms with Crippen molar-refractivity contribution >= 4 is 28.4 Å². The van der Waals surface area contributed by atoms with Crippen LogP contribution in [0.5, 0.6) is 0 Å². The van der Waals surface area contributed by atoms with Crippen LogP contribution in [-0.2, 0) is 0 Å². The predicted molar refractivity (Wildman–Crippen MR) is 79.0 cm³/mol. The Labute approximate surface area is 115 Å². The molecule has 4 heteroatoms. The summed E-state index contributed by atoms with van der Waals surface area (Å²) in [7, 11) is 0. The highest BCUT2D eigenvalue weighted by molar-refractivity contribution is 14.1. The SMILES string of the molecule is CCCNc1ncnc(-c2ccccc2)c1I.